The van der Waals surface area contributed by atoms with E-state index in [2.05, 4.69) is 14.9 Å². The van der Waals surface area contributed by atoms with Crippen LogP contribution in [-0.4, -0.2) is 26.6 Å². The highest BCUT2D eigenvalue weighted by Crippen LogP contribution is 2.01. The number of carbonyl (C=O) groups is 2. The lowest BCUT2D eigenvalue weighted by Crippen LogP contribution is -2.12. The number of nitrogens with two attached hydrogens (primary N) is 1. The van der Waals surface area contributed by atoms with Crippen LogP contribution in [-0.2, 0) is 28.7 Å². The number of hydrogen-bond donors (Lipinski definition) is 1. The zero-order chi connectivity index (χ0) is 11.0. The monoisotopic (exact) mass is 225 g/mol. The molecule has 0 spiro atoms. The summed E-state index contributed by atoms with van der Waals surface area (Å²) < 4.78 is 25.3. The minimum Gasteiger partial charge on any atom is -0.373 e. The second kappa shape index (κ2) is 6.33. The van der Waals surface area contributed by atoms with Gasteiger partial charge in [-0.05, 0) is 12.8 Å². The molecule has 0 amide bonds. The second-order valence-corrected chi connectivity index (χ2v) is 4.12. The number of carbonyl (C=O) groups excluding carboxylic acids is 2. The van der Waals surface area contributed by atoms with Gasteiger partial charge < -0.3 is 9.02 Å². The van der Waals surface area contributed by atoms with Crippen molar-refractivity contribution in [1.29, 1.82) is 0 Å². The Morgan fingerprint density at radius 3 is 2.50 bits per heavy atom. The Balaban J connectivity index is 3.64. The first-order chi connectivity index (χ1) is 6.52. The molecule has 0 aliphatic rings. The van der Waals surface area contributed by atoms with E-state index in [1.54, 1.807) is 0 Å². The predicted octanol–water partition coefficient (Wildman–Crippen LogP) is -0.924. The van der Waals surface area contributed by atoms with E-state index in [-0.39, 0.29) is 25.1 Å². The van der Waals surface area contributed by atoms with Crippen LogP contribution in [0.2, 0.25) is 0 Å². The van der Waals surface area contributed by atoms with E-state index in [0.717, 1.165) is 0 Å². The maximum Gasteiger partial charge on any atom is 0.324 e. The second-order valence-electron chi connectivity index (χ2n) is 2.40. The van der Waals surface area contributed by atoms with E-state index in [1.807, 2.05) is 0 Å². The summed E-state index contributed by atoms with van der Waals surface area (Å²) >= 11 is 0. The van der Waals surface area contributed by atoms with Crippen molar-refractivity contribution in [3.63, 3.8) is 0 Å². The van der Waals surface area contributed by atoms with Gasteiger partial charge in [-0.15, -0.1) is 0 Å². The van der Waals surface area contributed by atoms with Crippen LogP contribution in [0.1, 0.15) is 19.3 Å². The molecule has 0 rings (SSSR count). The normalized spacial score (nSPS) is 10.6. The summed E-state index contributed by atoms with van der Waals surface area (Å²) in [4.78, 5) is 24.0. The topological polar surface area (TPSA) is 113 Å². The molecular weight excluding hydrogens is 214 g/mol. The van der Waals surface area contributed by atoms with Crippen molar-refractivity contribution in [3.05, 3.63) is 0 Å². The third-order valence-corrected chi connectivity index (χ3v) is 2.50. The van der Waals surface area contributed by atoms with Crippen LogP contribution in [0.15, 0.2) is 0 Å². The Morgan fingerprint density at radius 1 is 1.36 bits per heavy atom. The number of rotatable bonds is 7. The van der Waals surface area contributed by atoms with Gasteiger partial charge in [-0.2, -0.15) is 14.3 Å². The van der Waals surface area contributed by atoms with Gasteiger partial charge in [-0.3, -0.25) is 9.59 Å². The van der Waals surface area contributed by atoms with E-state index < -0.39 is 16.1 Å². The summed E-state index contributed by atoms with van der Waals surface area (Å²) in [6.45, 7) is -0.149. The molecule has 7 nitrogen and oxygen atoms in total. The molecule has 0 aromatic heterocycles. The van der Waals surface area contributed by atoms with Crippen molar-refractivity contribution >= 4 is 22.6 Å². The van der Waals surface area contributed by atoms with Crippen molar-refractivity contribution in [3.8, 4) is 0 Å². The molecule has 0 aromatic carbocycles. The van der Waals surface area contributed by atoms with Crippen LogP contribution >= 0.6 is 0 Å². The van der Waals surface area contributed by atoms with Crippen LogP contribution in [0.3, 0.4) is 0 Å². The zero-order valence-corrected chi connectivity index (χ0v) is 8.16. The minimum absolute atomic E-state index is 0.0348. The fraction of sp³-hybridized carbons (Fsp3) is 0.667. The average Bonchev–Trinajstić information content (AvgIpc) is 2.12. The Morgan fingerprint density at radius 2 is 2.00 bits per heavy atom. The van der Waals surface area contributed by atoms with Gasteiger partial charge in [0.05, 0.1) is 5.75 Å². The lowest BCUT2D eigenvalue weighted by molar-refractivity contribution is -0.144. The highest BCUT2D eigenvalue weighted by atomic mass is 32.2. The molecule has 0 aliphatic heterocycles. The molecule has 0 saturated heterocycles. The van der Waals surface area contributed by atoms with Crippen LogP contribution in [0.25, 0.3) is 0 Å². The van der Waals surface area contributed by atoms with E-state index in [9.17, 15) is 18.0 Å². The van der Waals surface area contributed by atoms with E-state index in [4.69, 9.17) is 0 Å². The molecule has 0 bridgehead atoms. The summed E-state index contributed by atoms with van der Waals surface area (Å²) in [6, 6.07) is 0. The van der Waals surface area contributed by atoms with E-state index >= 15 is 0 Å². The third-order valence-electron chi connectivity index (χ3n) is 1.34. The van der Waals surface area contributed by atoms with Crippen molar-refractivity contribution in [2.24, 2.45) is 5.90 Å². The molecule has 0 fully saturated rings. The van der Waals surface area contributed by atoms with E-state index in [1.165, 1.54) is 0 Å². The zero-order valence-electron chi connectivity index (χ0n) is 7.34. The molecule has 0 heterocycles. The van der Waals surface area contributed by atoms with Gasteiger partial charge in [0.25, 0.3) is 0 Å². The fourth-order valence-corrected chi connectivity index (χ4v) is 1.49. The van der Waals surface area contributed by atoms with Crippen molar-refractivity contribution < 1.29 is 27.0 Å². The molecule has 14 heavy (non-hydrogen) atoms. The molecule has 0 unspecified atom stereocenters. The summed E-state index contributed by atoms with van der Waals surface area (Å²) in [5.74, 6) is 3.62. The summed E-state index contributed by atoms with van der Waals surface area (Å²) in [5, 5.41) is 0. The fourth-order valence-electron chi connectivity index (χ4n) is 0.715. The molecular formula is C6H11NO6S. The van der Waals surface area contributed by atoms with Gasteiger partial charge in [0.1, 0.15) is 0 Å². The summed E-state index contributed by atoms with van der Waals surface area (Å²) in [6.07, 6.45) is 0.538. The van der Waals surface area contributed by atoms with Gasteiger partial charge in [0, 0.05) is 6.42 Å². The Kier molecular flexibility index (Phi) is 5.81. The van der Waals surface area contributed by atoms with Crippen molar-refractivity contribution in [1.82, 2.24) is 0 Å². The molecule has 0 saturated carbocycles. The van der Waals surface area contributed by atoms with Gasteiger partial charge >= 0.3 is 22.6 Å². The van der Waals surface area contributed by atoms with Gasteiger partial charge in [-0.1, -0.05) is 0 Å². The van der Waals surface area contributed by atoms with Gasteiger partial charge in [0.2, 0.25) is 0 Å². The van der Waals surface area contributed by atoms with Crippen LogP contribution < -0.4 is 5.90 Å². The van der Waals surface area contributed by atoms with Gasteiger partial charge in [0.15, 0.2) is 0 Å². The summed E-state index contributed by atoms with van der Waals surface area (Å²) in [5.41, 5.74) is 0. The Hall–Kier alpha value is -1.15. The lowest BCUT2D eigenvalue weighted by Gasteiger charge is -2.00. The maximum atomic E-state index is 10.8. The maximum absolute atomic E-state index is 10.8. The quantitative estimate of drug-likeness (QED) is 0.258. The first-order valence-corrected chi connectivity index (χ1v) is 5.33. The predicted molar refractivity (Wildman–Crippen MR) is 45.1 cm³/mol. The molecule has 0 radical (unpaired) electrons. The van der Waals surface area contributed by atoms with Gasteiger partial charge in [-0.25, -0.2) is 0 Å². The third kappa shape index (κ3) is 6.38. The van der Waals surface area contributed by atoms with Crippen molar-refractivity contribution in [2.45, 2.75) is 19.3 Å². The Bertz CT molecular complexity index is 285. The first kappa shape index (κ1) is 12.8. The molecule has 2 N–H and O–H groups in total. The van der Waals surface area contributed by atoms with Crippen LogP contribution in [0.4, 0.5) is 0 Å². The number of hydrogen-bond acceptors (Lipinski definition) is 7. The van der Waals surface area contributed by atoms with Crippen LogP contribution in [0.5, 0.6) is 0 Å². The molecule has 8 heteroatoms. The first-order valence-electron chi connectivity index (χ1n) is 3.76. The smallest absolute Gasteiger partial charge is 0.324 e. The SMILES string of the molecule is NOC(=O)CCCCS(=O)(=O)OC=O. The molecule has 0 aromatic rings. The number of unbranched alkanes of at least 4 members (excludes halogenated alkanes) is 1. The Labute approximate surface area is 81.2 Å². The lowest BCUT2D eigenvalue weighted by atomic mass is 10.2. The minimum atomic E-state index is -3.79. The highest BCUT2D eigenvalue weighted by molar-refractivity contribution is 7.87. The standard InChI is InChI=1S/C6H11NO6S/c7-13-6(9)3-1-2-4-14(10,11)12-5-8/h5H,1-4,7H2. The largest absolute Gasteiger partial charge is 0.373 e. The highest BCUT2D eigenvalue weighted by Gasteiger charge is 2.10. The average molecular weight is 225 g/mol. The van der Waals surface area contributed by atoms with Crippen LogP contribution in [0, 0.1) is 0 Å². The molecule has 82 valence electrons. The van der Waals surface area contributed by atoms with E-state index in [0.29, 0.717) is 6.42 Å². The van der Waals surface area contributed by atoms with Crippen molar-refractivity contribution in [2.75, 3.05) is 5.75 Å². The molecule has 0 atom stereocenters. The molecule has 0 aliphatic carbocycles. The summed E-state index contributed by atoms with van der Waals surface area (Å²) in [7, 11) is -3.79.